The van der Waals surface area contributed by atoms with Gasteiger partial charge in [-0.25, -0.2) is 34.7 Å². The van der Waals surface area contributed by atoms with Gasteiger partial charge < -0.3 is 109 Å². The fourth-order valence-corrected chi connectivity index (χ4v) is 11.3. The maximum absolute atomic E-state index is 15.0. The van der Waals surface area contributed by atoms with Crippen LogP contribution in [0, 0.1) is 23.7 Å². The molecule has 0 radical (unpaired) electrons. The van der Waals surface area contributed by atoms with Crippen molar-refractivity contribution in [3.63, 3.8) is 0 Å². The second-order valence-corrected chi connectivity index (χ2v) is 26.9. The first-order valence-corrected chi connectivity index (χ1v) is 35.5. The Morgan fingerprint density at radius 2 is 0.505 bits per heavy atom. The number of carbonyl (C=O) groups excluding carboxylic acids is 11. The van der Waals surface area contributed by atoms with Crippen molar-refractivity contribution in [2.45, 2.75) is 218 Å². The number of carbonyl (C=O) groups is 12. The molecule has 39 nitrogen and oxygen atoms in total. The minimum Gasteiger partial charge on any atom is -0.480 e. The lowest BCUT2D eigenvalue weighted by molar-refractivity contribution is -0.145. The van der Waals surface area contributed by atoms with Crippen molar-refractivity contribution in [3.8, 4) is 0 Å². The van der Waals surface area contributed by atoms with Crippen LogP contribution in [-0.2, 0) is 96.1 Å². The van der Waals surface area contributed by atoms with Gasteiger partial charge in [-0.15, -0.1) is 0 Å². The summed E-state index contributed by atoms with van der Waals surface area (Å²) < 4.78 is 0. The molecule has 11 amide bonds. The molecule has 6 aromatic rings. The van der Waals surface area contributed by atoms with Crippen LogP contribution in [-0.4, -0.2) is 231 Å². The second kappa shape index (κ2) is 41.5. The summed E-state index contributed by atoms with van der Waals surface area (Å²) in [5.74, 6) is -13.8. The van der Waals surface area contributed by atoms with Crippen LogP contribution in [0.5, 0.6) is 0 Å². The highest BCUT2D eigenvalue weighted by atomic mass is 16.4. The van der Waals surface area contributed by atoms with E-state index in [1.807, 2.05) is 0 Å². The number of aromatic amines is 6. The molecule has 0 aliphatic carbocycles. The number of aromatic nitrogens is 12. The summed E-state index contributed by atoms with van der Waals surface area (Å²) in [6.45, 7) is 15.9. The van der Waals surface area contributed by atoms with Crippen LogP contribution in [0.3, 0.4) is 0 Å². The molecule has 0 aliphatic heterocycles. The average molecular weight is 1500 g/mol. The molecule has 6 heterocycles. The number of imidazole rings is 6. The van der Waals surface area contributed by atoms with Crippen LogP contribution in [0.4, 0.5) is 0 Å². The third kappa shape index (κ3) is 25.5. The van der Waals surface area contributed by atoms with Crippen LogP contribution < -0.4 is 64.2 Å². The number of rotatable bonds is 45. The molecule has 39 heteroatoms. The van der Waals surface area contributed by atoms with Crippen molar-refractivity contribution < 1.29 is 72.9 Å². The highest BCUT2D eigenvalue weighted by Gasteiger charge is 2.41. The van der Waals surface area contributed by atoms with E-state index in [4.69, 9.17) is 5.73 Å². The number of nitrogens with one attached hydrogen (secondary N) is 17. The van der Waals surface area contributed by atoms with Gasteiger partial charge in [0.1, 0.15) is 60.4 Å². The molecular weight excluding hydrogens is 1390 g/mol. The number of nitrogens with two attached hydrogens (primary N) is 1. The van der Waals surface area contributed by atoms with Crippen LogP contribution in [0.2, 0.25) is 0 Å². The number of aliphatic carboxylic acids is 1. The molecule has 6 aromatic heterocycles. The summed E-state index contributed by atoms with van der Waals surface area (Å²) in [6, 6.07) is -17.6. The van der Waals surface area contributed by atoms with E-state index >= 15 is 4.79 Å². The first-order valence-electron chi connectivity index (χ1n) is 35.5. The smallest absolute Gasteiger partial charge is 0.328 e. The van der Waals surface area contributed by atoms with Gasteiger partial charge in [0.05, 0.1) is 56.2 Å². The first kappa shape index (κ1) is 84.7. The largest absolute Gasteiger partial charge is 0.480 e. The molecule has 0 saturated heterocycles. The Balaban J connectivity index is 1.22. The average Bonchev–Trinajstić information content (AvgIpc) is 1.26. The van der Waals surface area contributed by atoms with Crippen molar-refractivity contribution in [2.24, 2.45) is 29.4 Å². The normalized spacial score (nSPS) is 16.5. The molecule has 22 N–H and O–H groups in total. The molecule has 18 atom stereocenters. The lowest BCUT2D eigenvalue weighted by Gasteiger charge is -2.32. The number of amides is 11. The quantitative estimate of drug-likeness (QED) is 0.0176. The lowest BCUT2D eigenvalue weighted by Crippen LogP contribution is -2.64. The number of nitrogens with zero attached hydrogens (tertiary/aromatic N) is 6. The zero-order valence-corrected chi connectivity index (χ0v) is 61.4. The summed E-state index contributed by atoms with van der Waals surface area (Å²) in [6.07, 6.45) is 13.7. The fraction of sp³-hybridized carbons (Fsp3) is 0.559. The monoisotopic (exact) mass is 1490 g/mol. The molecule has 107 heavy (non-hydrogen) atoms. The third-order valence-corrected chi connectivity index (χ3v) is 18.7. The summed E-state index contributed by atoms with van der Waals surface area (Å²) >= 11 is 0. The highest BCUT2D eigenvalue weighted by Crippen LogP contribution is 2.18. The molecule has 0 bridgehead atoms. The zero-order chi connectivity index (χ0) is 78.6. The zero-order valence-electron chi connectivity index (χ0n) is 61.4. The Morgan fingerprint density at radius 3 is 0.720 bits per heavy atom. The fourth-order valence-electron chi connectivity index (χ4n) is 11.3. The van der Waals surface area contributed by atoms with E-state index in [1.165, 1.54) is 89.0 Å². The van der Waals surface area contributed by atoms with Crippen LogP contribution in [0.15, 0.2) is 75.1 Å². The number of H-pyrrole nitrogens is 6. The predicted octanol–water partition coefficient (Wildman–Crippen LogP) is -3.53. The van der Waals surface area contributed by atoms with E-state index in [0.717, 1.165) is 0 Å². The van der Waals surface area contributed by atoms with Crippen LogP contribution in [0.25, 0.3) is 0 Å². The SMILES string of the molecule is CC[C@H](C)[C@H](NC(=O)[C@H](Cc1cnc[nH]1)NC(=O)[C@H](Cc1cnc[nH]1)NC(=O)[C@H](Cc1cnc[nH]1)NC(=O)[C@H](Cc1cnc[nH]1)NC(=O)[C@H](Cc1cnc[nH]1)NC(=O)[C@@H](N)Cc1cnc[nH]1)C(=O)N[C@H](C(=O)N[C@H](C(=O)N[C@H](C(=O)N[C@H](C(=O)N[C@H](C(=O)O)[C@@H](C)O)[C@@H](C)CC)[C@@H](C)CC)[C@@H](C)O)[C@@H](C)CC. The minimum atomic E-state index is -1.75. The molecule has 0 spiro atoms. The van der Waals surface area contributed by atoms with E-state index in [2.05, 4.69) is 118 Å². The number of carboxylic acid groups (broad SMARTS) is 1. The van der Waals surface area contributed by atoms with Crippen molar-refractivity contribution in [1.29, 1.82) is 0 Å². The summed E-state index contributed by atoms with van der Waals surface area (Å²) in [7, 11) is 0. The van der Waals surface area contributed by atoms with Gasteiger partial charge in [-0.05, 0) is 37.5 Å². The molecule has 0 aromatic carbocycles. The van der Waals surface area contributed by atoms with Gasteiger partial charge in [0.25, 0.3) is 0 Å². The number of hydrogen-bond donors (Lipinski definition) is 21. The van der Waals surface area contributed by atoms with Gasteiger partial charge in [0.15, 0.2) is 6.04 Å². The Morgan fingerprint density at radius 1 is 0.308 bits per heavy atom. The molecule has 0 aliphatic rings. The van der Waals surface area contributed by atoms with Gasteiger partial charge >= 0.3 is 5.97 Å². The molecular formula is C68H102N24O15. The van der Waals surface area contributed by atoms with Crippen molar-refractivity contribution >= 4 is 70.9 Å². The number of aliphatic hydroxyl groups is 2. The maximum Gasteiger partial charge on any atom is 0.328 e. The Kier molecular flexibility index (Phi) is 32.8. The second-order valence-electron chi connectivity index (χ2n) is 26.9. The third-order valence-electron chi connectivity index (χ3n) is 18.7. The maximum atomic E-state index is 15.0. The van der Waals surface area contributed by atoms with Gasteiger partial charge in [0, 0.05) is 110 Å². The number of aliphatic hydroxyl groups excluding tert-OH is 2. The van der Waals surface area contributed by atoms with E-state index in [0.29, 0.717) is 47.0 Å². The Labute approximate surface area is 616 Å². The number of carboxylic acids is 1. The van der Waals surface area contributed by atoms with Crippen molar-refractivity contribution in [2.75, 3.05) is 0 Å². The Bertz CT molecular complexity index is 3800. The van der Waals surface area contributed by atoms with Gasteiger partial charge in [0.2, 0.25) is 65.0 Å². The topological polar surface area (TPSA) is 596 Å². The summed E-state index contributed by atoms with van der Waals surface area (Å²) in [5.41, 5.74) is 8.69. The molecule has 0 fully saturated rings. The molecule has 0 saturated carbocycles. The van der Waals surface area contributed by atoms with E-state index < -0.39 is 179 Å². The number of hydrogen-bond acceptors (Lipinski definition) is 21. The van der Waals surface area contributed by atoms with Crippen molar-refractivity contribution in [3.05, 3.63) is 109 Å². The van der Waals surface area contributed by atoms with Crippen LogP contribution in [0.1, 0.15) is 129 Å². The first-order chi connectivity index (χ1) is 50.9. The summed E-state index contributed by atoms with van der Waals surface area (Å²) in [5, 5.41) is 59.9. The molecule has 6 rings (SSSR count). The van der Waals surface area contributed by atoms with E-state index in [9.17, 15) is 68.1 Å². The molecule has 0 unspecified atom stereocenters. The van der Waals surface area contributed by atoms with Crippen LogP contribution >= 0.6 is 0 Å². The Hall–Kier alpha value is -11.2. The van der Waals surface area contributed by atoms with Crippen molar-refractivity contribution in [1.82, 2.24) is 118 Å². The molecule has 584 valence electrons. The lowest BCUT2D eigenvalue weighted by atomic mass is 9.93. The van der Waals surface area contributed by atoms with Gasteiger partial charge in [-0.1, -0.05) is 81.1 Å². The van der Waals surface area contributed by atoms with E-state index in [-0.39, 0.29) is 51.4 Å². The van der Waals surface area contributed by atoms with E-state index in [1.54, 1.807) is 55.4 Å². The standard InChI is InChI=1S/C68H102N24O15/c1-11-33(5)51(63(101)88-53(35(7)13-3)65(103)91-55(37(9)93)67(105)90-52(34(6)12-2)64(102)89-54(36(8)14-4)66(104)92-56(38(10)94)68(106)107)87-62(100)50(20-44-26-75-32-81-44)86-61(99)49(19-43-25-74-31-80-43)85-60(98)48(18-42-24-73-30-79-42)84-59(97)47(17-41-23-72-29-78-41)83-58(96)46(16-40-22-71-28-77-40)82-57(95)45(69)15-39-21-70-27-76-39/h21-38,45-56,93-94H,11-20,69H2,1-10H3,(H,70,76)(H,71,77)(H,72,78)(H,73,79)(H,74,80)(H,75,81)(H,82,95)(H,83,96)(H,84,97)(H,85,98)(H,86,99)(H,87,100)(H,88,101)(H,89,102)(H,90,105)(H,91,103)(H,92,104)(H,106,107)/t33-,34-,35-,36-,37+,38+,45-,46-,47-,48-,49-,50-,51-,52-,53-,54-,55-,56-/m0/s1. The minimum absolute atomic E-state index is 0.0457. The van der Waals surface area contributed by atoms with Gasteiger partial charge in [-0.3, -0.25) is 52.7 Å². The van der Waals surface area contributed by atoms with Gasteiger partial charge in [-0.2, -0.15) is 0 Å². The summed E-state index contributed by atoms with van der Waals surface area (Å²) in [4.78, 5) is 213. The predicted molar refractivity (Wildman–Crippen MR) is 382 cm³/mol. The highest BCUT2D eigenvalue weighted by molar-refractivity contribution is 6.00.